The highest BCUT2D eigenvalue weighted by molar-refractivity contribution is 7.95. The summed E-state index contributed by atoms with van der Waals surface area (Å²) in [5, 5.41) is 4.01. The van der Waals surface area contributed by atoms with Crippen LogP contribution in [0.2, 0.25) is 0 Å². The molecule has 0 aromatic rings. The summed E-state index contributed by atoms with van der Waals surface area (Å²) in [6.45, 7) is 0. The van der Waals surface area contributed by atoms with Crippen LogP contribution in [0, 0.1) is 0 Å². The molecule has 0 atom stereocenters. The molecule has 5 heteroatoms. The van der Waals surface area contributed by atoms with Crippen molar-refractivity contribution in [1.29, 1.82) is 0 Å². The minimum Gasteiger partial charge on any atom is -0.305 e. The van der Waals surface area contributed by atoms with E-state index in [0.717, 1.165) is 5.70 Å². The van der Waals surface area contributed by atoms with E-state index < -0.39 is 0 Å². The van der Waals surface area contributed by atoms with Gasteiger partial charge in [0.05, 0.1) is 18.3 Å². The van der Waals surface area contributed by atoms with Crippen molar-refractivity contribution in [2.45, 2.75) is 0 Å². The Labute approximate surface area is 63.2 Å². The van der Waals surface area contributed by atoms with E-state index >= 15 is 0 Å². The zero-order chi connectivity index (χ0) is 6.97. The average molecular weight is 154 g/mol. The molecule has 0 saturated carbocycles. The van der Waals surface area contributed by atoms with Crippen LogP contribution >= 0.6 is 12.1 Å². The van der Waals surface area contributed by atoms with Crippen molar-refractivity contribution in [3.05, 3.63) is 11.9 Å². The number of nitrogens with zero attached hydrogens (tertiary/aromatic N) is 4. The van der Waals surface area contributed by atoms with Gasteiger partial charge in [-0.2, -0.15) is 4.41 Å². The molecule has 0 aromatic heterocycles. The van der Waals surface area contributed by atoms with Crippen LogP contribution < -0.4 is 0 Å². The molecule has 0 bridgehead atoms. The first-order valence-corrected chi connectivity index (χ1v) is 3.58. The average Bonchev–Trinajstić information content (AvgIpc) is 2.27. The van der Waals surface area contributed by atoms with E-state index in [1.807, 2.05) is 22.0 Å². The third-order valence-electron chi connectivity index (χ3n) is 1.17. The maximum atomic E-state index is 4.01. The predicted molar refractivity (Wildman–Crippen MR) is 42.3 cm³/mol. The van der Waals surface area contributed by atoms with Gasteiger partial charge in [0, 0.05) is 13.2 Å². The number of aliphatic imine (C=N–C) groups is 1. The molecule has 10 heavy (non-hydrogen) atoms. The van der Waals surface area contributed by atoms with Crippen molar-refractivity contribution >= 4 is 24.7 Å². The Morgan fingerprint density at radius 1 is 1.60 bits per heavy atom. The molecule has 0 fully saturated rings. The Morgan fingerprint density at radius 2 is 2.50 bits per heavy atom. The Bertz CT molecular complexity index is 232. The molecule has 0 N–H and O–H groups in total. The number of hydrogen-bond donors (Lipinski definition) is 0. The van der Waals surface area contributed by atoms with E-state index in [9.17, 15) is 0 Å². The van der Waals surface area contributed by atoms with Crippen molar-refractivity contribution in [3.8, 4) is 0 Å². The van der Waals surface area contributed by atoms with E-state index in [1.54, 1.807) is 6.21 Å². The van der Waals surface area contributed by atoms with E-state index in [-0.39, 0.29) is 0 Å². The van der Waals surface area contributed by atoms with Crippen LogP contribution in [0.3, 0.4) is 0 Å². The Balaban J connectivity index is 2.29. The normalized spacial score (nSPS) is 21.5. The molecule has 2 aliphatic rings. The first-order valence-electron chi connectivity index (χ1n) is 2.85. The molecule has 0 aromatic carbocycles. The molecule has 2 rings (SSSR count). The van der Waals surface area contributed by atoms with Crippen molar-refractivity contribution in [3.63, 3.8) is 0 Å². The summed E-state index contributed by atoms with van der Waals surface area (Å²) in [4.78, 5) is 3.89. The van der Waals surface area contributed by atoms with E-state index in [1.165, 1.54) is 18.5 Å². The molecule has 2 heterocycles. The lowest BCUT2D eigenvalue weighted by Gasteiger charge is -2.12. The molecule has 0 spiro atoms. The number of allylic oxidation sites excluding steroid dienone is 1. The summed E-state index contributed by atoms with van der Waals surface area (Å²) < 4.78 is 3.79. The van der Waals surface area contributed by atoms with Gasteiger partial charge in [0.1, 0.15) is 12.0 Å². The number of hydrogen-bond acceptors (Lipinski definition) is 5. The van der Waals surface area contributed by atoms with Crippen LogP contribution in [-0.2, 0) is 0 Å². The molecule has 0 unspecified atom stereocenters. The Morgan fingerprint density at radius 3 is 3.30 bits per heavy atom. The topological polar surface area (TPSA) is 31.2 Å². The molecule has 0 aliphatic carbocycles. The van der Waals surface area contributed by atoms with Gasteiger partial charge >= 0.3 is 0 Å². The van der Waals surface area contributed by atoms with Crippen LogP contribution in [0.5, 0.6) is 0 Å². The van der Waals surface area contributed by atoms with E-state index in [2.05, 4.69) is 10.1 Å². The van der Waals surface area contributed by atoms with Crippen LogP contribution in [0.25, 0.3) is 0 Å². The largest absolute Gasteiger partial charge is 0.305 e. The van der Waals surface area contributed by atoms with Gasteiger partial charge in [-0.15, -0.1) is 5.10 Å². The first kappa shape index (κ1) is 5.79. The summed E-state index contributed by atoms with van der Waals surface area (Å²) in [6.07, 6.45) is 5.29. The van der Waals surface area contributed by atoms with Crippen LogP contribution in [0.15, 0.2) is 22.0 Å². The SMILES string of the molecule is CN1C=C2C=NC=NN2S1. The molecule has 2 aliphatic heterocycles. The highest BCUT2D eigenvalue weighted by Gasteiger charge is 2.18. The van der Waals surface area contributed by atoms with Crippen molar-refractivity contribution in [2.24, 2.45) is 10.1 Å². The minimum atomic E-state index is 1.02. The molecule has 0 amide bonds. The zero-order valence-corrected chi connectivity index (χ0v) is 6.25. The van der Waals surface area contributed by atoms with Crippen LogP contribution in [-0.4, -0.2) is 28.3 Å². The van der Waals surface area contributed by atoms with Gasteiger partial charge in [0.2, 0.25) is 0 Å². The summed E-state index contributed by atoms with van der Waals surface area (Å²) in [6, 6.07) is 0. The van der Waals surface area contributed by atoms with E-state index in [0.29, 0.717) is 0 Å². The fourth-order valence-electron chi connectivity index (χ4n) is 0.785. The van der Waals surface area contributed by atoms with Crippen molar-refractivity contribution < 1.29 is 0 Å². The highest BCUT2D eigenvalue weighted by atomic mass is 32.2. The highest BCUT2D eigenvalue weighted by Crippen LogP contribution is 2.28. The predicted octanol–water partition coefficient (Wildman–Crippen LogP) is 0.666. The Hall–Kier alpha value is -0.970. The standard InChI is InChI=1S/C5H6N4S/c1-8-3-5-2-6-4-7-9(5)10-8/h2-4H,1H3. The fourth-order valence-corrected chi connectivity index (χ4v) is 1.46. The molecular formula is C5H6N4S. The van der Waals surface area contributed by atoms with Gasteiger partial charge in [0.25, 0.3) is 0 Å². The first-order chi connectivity index (χ1) is 4.86. The molecule has 52 valence electrons. The van der Waals surface area contributed by atoms with Gasteiger partial charge in [0.15, 0.2) is 0 Å². The zero-order valence-electron chi connectivity index (χ0n) is 5.43. The lowest BCUT2D eigenvalue weighted by molar-refractivity contribution is 0.656. The van der Waals surface area contributed by atoms with E-state index in [4.69, 9.17) is 0 Å². The lowest BCUT2D eigenvalue weighted by atomic mass is 10.5. The molecular weight excluding hydrogens is 148 g/mol. The number of rotatable bonds is 0. The fraction of sp³-hybridized carbons (Fsp3) is 0.200. The summed E-state index contributed by atoms with van der Waals surface area (Å²) in [5.74, 6) is 0. The van der Waals surface area contributed by atoms with Crippen molar-refractivity contribution in [1.82, 2.24) is 8.72 Å². The van der Waals surface area contributed by atoms with Gasteiger partial charge in [-0.1, -0.05) is 0 Å². The second kappa shape index (κ2) is 2.02. The van der Waals surface area contributed by atoms with Gasteiger partial charge in [-0.25, -0.2) is 4.99 Å². The van der Waals surface area contributed by atoms with Gasteiger partial charge in [-0.3, -0.25) is 0 Å². The maximum Gasteiger partial charge on any atom is 0.137 e. The molecule has 0 radical (unpaired) electrons. The van der Waals surface area contributed by atoms with Gasteiger partial charge in [-0.05, 0) is 0 Å². The second-order valence-corrected chi connectivity index (χ2v) is 3.05. The molecule has 0 saturated heterocycles. The third kappa shape index (κ3) is 0.786. The lowest BCUT2D eigenvalue weighted by Crippen LogP contribution is -2.08. The van der Waals surface area contributed by atoms with Crippen molar-refractivity contribution in [2.75, 3.05) is 7.05 Å². The molecule has 4 nitrogen and oxygen atoms in total. The smallest absolute Gasteiger partial charge is 0.137 e. The van der Waals surface area contributed by atoms with Crippen LogP contribution in [0.1, 0.15) is 0 Å². The third-order valence-corrected chi connectivity index (χ3v) is 1.99. The Kier molecular flexibility index (Phi) is 1.17. The number of fused-ring (bicyclic) bond motifs is 1. The van der Waals surface area contributed by atoms with Gasteiger partial charge < -0.3 is 4.31 Å². The summed E-state index contributed by atoms with van der Waals surface area (Å²) in [7, 11) is 1.97. The second-order valence-electron chi connectivity index (χ2n) is 1.96. The minimum absolute atomic E-state index is 1.02. The summed E-state index contributed by atoms with van der Waals surface area (Å²) >= 11 is 1.53. The monoisotopic (exact) mass is 154 g/mol. The quantitative estimate of drug-likeness (QED) is 0.480. The number of hydrazone groups is 1. The summed E-state index contributed by atoms with van der Waals surface area (Å²) in [5.41, 5.74) is 1.02. The maximum absolute atomic E-state index is 4.01. The van der Waals surface area contributed by atoms with Crippen LogP contribution in [0.4, 0.5) is 0 Å².